The van der Waals surface area contributed by atoms with Crippen LogP contribution in [-0.2, 0) is 25.7 Å². The van der Waals surface area contributed by atoms with Gasteiger partial charge in [0.1, 0.15) is 23.5 Å². The molecule has 3 amide bonds. The Morgan fingerprint density at radius 1 is 1.23 bits per heavy atom. The first-order chi connectivity index (χ1) is 16.7. The summed E-state index contributed by atoms with van der Waals surface area (Å²) in [6.07, 6.45) is 6.46. The lowest BCUT2D eigenvalue weighted by Gasteiger charge is -2.24. The minimum absolute atomic E-state index is 0.0167. The molecule has 3 N–H and O–H groups in total. The molecule has 0 aliphatic carbocycles. The Kier molecular flexibility index (Phi) is 11.3. The van der Waals surface area contributed by atoms with Gasteiger partial charge in [0.15, 0.2) is 0 Å². The van der Waals surface area contributed by atoms with Gasteiger partial charge in [0.25, 0.3) is 11.8 Å². The lowest BCUT2D eigenvalue weighted by molar-refractivity contribution is -0.153. The second kappa shape index (κ2) is 13.9. The van der Waals surface area contributed by atoms with Crippen LogP contribution < -0.4 is 16.0 Å². The zero-order valence-corrected chi connectivity index (χ0v) is 22.0. The van der Waals surface area contributed by atoms with E-state index in [0.29, 0.717) is 17.9 Å². The standard InChI is InChI=1S/C24H32N4O5S2/c1-5-18-22(30)28-21(14(2)3)24(32)33-16(8-6-7-9-34)11-20(29)25-13-15-10-17(35-4)12-19(26-15)23(31)27-18/h5-6,8,10,12,14,16,21,34H,7,9,11,13H2,1-4H3,(H,25,29)(H,27,31)(H,28,30)/b8-6+,18-5-/t16-,21+/m1/s1. The first kappa shape index (κ1) is 28.4. The number of nitrogens with zero attached hydrogens (tertiary/aromatic N) is 1. The third-order valence-electron chi connectivity index (χ3n) is 5.08. The molecule has 0 radical (unpaired) electrons. The topological polar surface area (TPSA) is 126 Å². The maximum atomic E-state index is 13.0. The number of hydrogen-bond donors (Lipinski definition) is 4. The summed E-state index contributed by atoms with van der Waals surface area (Å²) in [5, 5.41) is 7.98. The Hall–Kier alpha value is -2.79. The summed E-state index contributed by atoms with van der Waals surface area (Å²) in [5.74, 6) is -1.95. The molecule has 2 atom stereocenters. The van der Waals surface area contributed by atoms with Crippen LogP contribution in [-0.4, -0.2) is 52.8 Å². The lowest BCUT2D eigenvalue weighted by Crippen LogP contribution is -2.48. The van der Waals surface area contributed by atoms with Crippen molar-refractivity contribution in [3.05, 3.63) is 47.4 Å². The summed E-state index contributed by atoms with van der Waals surface area (Å²) in [7, 11) is 0. The zero-order valence-electron chi connectivity index (χ0n) is 20.3. The number of fused-ring (bicyclic) bond motifs is 2. The Morgan fingerprint density at radius 3 is 2.60 bits per heavy atom. The van der Waals surface area contributed by atoms with Gasteiger partial charge in [0, 0.05) is 4.90 Å². The first-order valence-corrected chi connectivity index (χ1v) is 13.1. The number of aromatic nitrogens is 1. The highest BCUT2D eigenvalue weighted by atomic mass is 32.2. The van der Waals surface area contributed by atoms with Gasteiger partial charge >= 0.3 is 5.97 Å². The number of carbonyl (C=O) groups is 4. The number of esters is 1. The molecule has 9 nitrogen and oxygen atoms in total. The number of amides is 3. The molecule has 0 aromatic carbocycles. The van der Waals surface area contributed by atoms with Crippen molar-refractivity contribution in [2.45, 2.75) is 57.2 Å². The van der Waals surface area contributed by atoms with E-state index in [1.165, 1.54) is 17.8 Å². The number of thioether (sulfide) groups is 1. The van der Waals surface area contributed by atoms with Gasteiger partial charge < -0.3 is 20.7 Å². The summed E-state index contributed by atoms with van der Waals surface area (Å²) in [6.45, 7) is 5.21. The number of thiol groups is 1. The normalized spacial score (nSPS) is 21.6. The highest BCUT2D eigenvalue weighted by Gasteiger charge is 2.30. The number of nitrogens with one attached hydrogen (secondary N) is 3. The minimum atomic E-state index is -0.990. The Labute approximate surface area is 215 Å². The number of carbonyl (C=O) groups excluding carboxylic acids is 4. The minimum Gasteiger partial charge on any atom is -0.456 e. The van der Waals surface area contributed by atoms with Crippen LogP contribution in [0.5, 0.6) is 0 Å². The van der Waals surface area contributed by atoms with Crippen molar-refractivity contribution in [3.8, 4) is 0 Å². The molecule has 0 saturated carbocycles. The van der Waals surface area contributed by atoms with Crippen molar-refractivity contribution in [2.24, 2.45) is 5.92 Å². The number of cyclic esters (lactones) is 1. The van der Waals surface area contributed by atoms with Gasteiger partial charge in [-0.25, -0.2) is 9.78 Å². The molecule has 11 heteroatoms. The van der Waals surface area contributed by atoms with Crippen LogP contribution in [0.1, 0.15) is 49.8 Å². The maximum Gasteiger partial charge on any atom is 0.329 e. The fourth-order valence-electron chi connectivity index (χ4n) is 3.19. The van der Waals surface area contributed by atoms with Crippen LogP contribution in [0, 0.1) is 5.92 Å². The van der Waals surface area contributed by atoms with Crippen LogP contribution in [0.25, 0.3) is 0 Å². The Balaban J connectivity index is 2.46. The molecule has 2 bridgehead atoms. The molecule has 190 valence electrons. The van der Waals surface area contributed by atoms with Crippen LogP contribution in [0.2, 0.25) is 0 Å². The fourth-order valence-corrected chi connectivity index (χ4v) is 3.82. The third-order valence-corrected chi connectivity index (χ3v) is 6.04. The molecule has 1 aliphatic rings. The van der Waals surface area contributed by atoms with E-state index in [1.807, 2.05) is 6.26 Å². The molecule has 1 aliphatic heterocycles. The number of pyridine rings is 1. The highest BCUT2D eigenvalue weighted by molar-refractivity contribution is 7.98. The summed E-state index contributed by atoms with van der Waals surface area (Å²) < 4.78 is 5.61. The highest BCUT2D eigenvalue weighted by Crippen LogP contribution is 2.18. The molecule has 0 fully saturated rings. The zero-order chi connectivity index (χ0) is 26.0. The van der Waals surface area contributed by atoms with E-state index < -0.39 is 29.9 Å². The van der Waals surface area contributed by atoms with Gasteiger partial charge in [0.2, 0.25) is 5.91 Å². The van der Waals surface area contributed by atoms with Crippen molar-refractivity contribution in [2.75, 3.05) is 12.0 Å². The first-order valence-electron chi connectivity index (χ1n) is 11.3. The van der Waals surface area contributed by atoms with Crippen LogP contribution >= 0.6 is 24.4 Å². The molecular formula is C24H32N4O5S2. The van der Waals surface area contributed by atoms with Crippen molar-refractivity contribution >= 4 is 48.1 Å². The average Bonchev–Trinajstić information content (AvgIpc) is 2.83. The van der Waals surface area contributed by atoms with Crippen molar-refractivity contribution in [3.63, 3.8) is 0 Å². The van der Waals surface area contributed by atoms with Crippen molar-refractivity contribution in [1.29, 1.82) is 0 Å². The molecule has 1 aromatic heterocycles. The van der Waals surface area contributed by atoms with Crippen molar-refractivity contribution < 1.29 is 23.9 Å². The van der Waals surface area contributed by atoms with Gasteiger partial charge in [-0.05, 0) is 49.5 Å². The molecule has 0 unspecified atom stereocenters. The predicted molar refractivity (Wildman–Crippen MR) is 138 cm³/mol. The molecule has 2 rings (SSSR count). The van der Waals surface area contributed by atoms with Gasteiger partial charge in [0.05, 0.1) is 18.7 Å². The van der Waals surface area contributed by atoms with Gasteiger partial charge in [-0.2, -0.15) is 12.6 Å². The van der Waals surface area contributed by atoms with Crippen LogP contribution in [0.4, 0.5) is 0 Å². The van der Waals surface area contributed by atoms with Crippen LogP contribution in [0.15, 0.2) is 41.0 Å². The SMILES string of the molecule is C/C=C1\NC(=O)c2cc(SC)cc(n2)CNC(=O)C[C@@H](/C=C/CCS)OC(=O)[C@H](C(C)C)NC1=O. The number of rotatable bonds is 5. The lowest BCUT2D eigenvalue weighted by atomic mass is 10.0. The largest absolute Gasteiger partial charge is 0.456 e. The van der Waals surface area contributed by atoms with Gasteiger partial charge in [-0.1, -0.05) is 26.0 Å². The molecule has 0 saturated heterocycles. The Bertz CT molecular complexity index is 1010. The number of hydrogen-bond acceptors (Lipinski definition) is 8. The van der Waals surface area contributed by atoms with E-state index in [9.17, 15) is 19.2 Å². The molecule has 2 heterocycles. The molecular weight excluding hydrogens is 488 g/mol. The predicted octanol–water partition coefficient (Wildman–Crippen LogP) is 2.39. The van der Waals surface area contributed by atoms with E-state index in [4.69, 9.17) is 4.74 Å². The molecule has 1 aromatic rings. The van der Waals surface area contributed by atoms with E-state index in [1.54, 1.807) is 45.1 Å². The summed E-state index contributed by atoms with van der Waals surface area (Å²) in [4.78, 5) is 56.5. The Morgan fingerprint density at radius 2 is 1.97 bits per heavy atom. The van der Waals surface area contributed by atoms with E-state index in [-0.39, 0.29) is 36.2 Å². The van der Waals surface area contributed by atoms with Gasteiger partial charge in [-0.3, -0.25) is 14.4 Å². The third kappa shape index (κ3) is 8.74. The average molecular weight is 521 g/mol. The second-order valence-electron chi connectivity index (χ2n) is 8.13. The number of ether oxygens (including phenoxy) is 1. The summed E-state index contributed by atoms with van der Waals surface area (Å²) >= 11 is 5.59. The fraction of sp³-hybridized carbons (Fsp3) is 0.458. The molecule has 0 spiro atoms. The quantitative estimate of drug-likeness (QED) is 0.154. The summed E-state index contributed by atoms with van der Waals surface area (Å²) in [5.41, 5.74) is 0.567. The second-order valence-corrected chi connectivity index (χ2v) is 9.46. The monoisotopic (exact) mass is 520 g/mol. The van der Waals surface area contributed by atoms with E-state index >= 15 is 0 Å². The van der Waals surface area contributed by atoms with E-state index in [0.717, 1.165) is 4.90 Å². The van der Waals surface area contributed by atoms with E-state index in [2.05, 4.69) is 33.6 Å². The van der Waals surface area contributed by atoms with Crippen molar-refractivity contribution in [1.82, 2.24) is 20.9 Å². The smallest absolute Gasteiger partial charge is 0.329 e. The maximum absolute atomic E-state index is 13.0. The number of allylic oxidation sites excluding steroid dienone is 2. The van der Waals surface area contributed by atoms with Crippen LogP contribution in [0.3, 0.4) is 0 Å². The van der Waals surface area contributed by atoms with Gasteiger partial charge in [-0.15, -0.1) is 11.8 Å². The summed E-state index contributed by atoms with van der Waals surface area (Å²) in [6, 6.07) is 2.39. The molecule has 35 heavy (non-hydrogen) atoms.